The van der Waals surface area contributed by atoms with Crippen molar-refractivity contribution in [3.05, 3.63) is 35.4 Å². The van der Waals surface area contributed by atoms with Crippen molar-refractivity contribution in [2.24, 2.45) is 0 Å². The van der Waals surface area contributed by atoms with Gasteiger partial charge in [-0.25, -0.2) is 0 Å². The molecule has 1 rings (SSSR count). The zero-order chi connectivity index (χ0) is 13.2. The molecule has 0 radical (unpaired) electrons. The van der Waals surface area contributed by atoms with E-state index in [1.165, 1.54) is 5.56 Å². The van der Waals surface area contributed by atoms with Gasteiger partial charge in [-0.1, -0.05) is 24.6 Å². The lowest BCUT2D eigenvalue weighted by Crippen LogP contribution is -2.03. The first-order valence-corrected chi connectivity index (χ1v) is 6.46. The lowest BCUT2D eigenvalue weighted by Gasteiger charge is -2.03. The van der Waals surface area contributed by atoms with Crippen LogP contribution >= 0.6 is 0 Å². The second-order valence-corrected chi connectivity index (χ2v) is 4.23. The molecule has 98 valence electrons. The smallest absolute Gasteiger partial charge is 0.305 e. The summed E-state index contributed by atoms with van der Waals surface area (Å²) in [6.45, 7) is 2.27. The Morgan fingerprint density at radius 2 is 2.11 bits per heavy atom. The minimum Gasteiger partial charge on any atom is -0.466 e. The maximum absolute atomic E-state index is 11.1. The molecule has 0 N–H and O–H groups in total. The third-order valence-electron chi connectivity index (χ3n) is 2.74. The van der Waals surface area contributed by atoms with Crippen LogP contribution < -0.4 is 0 Å². The first kappa shape index (κ1) is 14.4. The van der Waals surface area contributed by atoms with Crippen molar-refractivity contribution in [1.82, 2.24) is 0 Å². The Kier molecular flexibility index (Phi) is 6.77. The van der Waals surface area contributed by atoms with Crippen LogP contribution in [-0.2, 0) is 16.0 Å². The zero-order valence-corrected chi connectivity index (χ0v) is 10.9. The second kappa shape index (κ2) is 8.45. The van der Waals surface area contributed by atoms with Crippen LogP contribution in [0.2, 0.25) is 0 Å². The van der Waals surface area contributed by atoms with E-state index in [9.17, 15) is 9.59 Å². The largest absolute Gasteiger partial charge is 0.466 e. The number of aryl methyl sites for hydroxylation is 1. The van der Waals surface area contributed by atoms with Crippen molar-refractivity contribution in [2.45, 2.75) is 39.0 Å². The summed E-state index contributed by atoms with van der Waals surface area (Å²) in [5, 5.41) is 0. The Labute approximate surface area is 108 Å². The van der Waals surface area contributed by atoms with Gasteiger partial charge in [-0.15, -0.1) is 0 Å². The second-order valence-electron chi connectivity index (χ2n) is 4.23. The lowest BCUT2D eigenvalue weighted by molar-refractivity contribution is -0.143. The van der Waals surface area contributed by atoms with Crippen molar-refractivity contribution < 1.29 is 14.3 Å². The fourth-order valence-electron chi connectivity index (χ4n) is 1.83. The Morgan fingerprint density at radius 1 is 1.28 bits per heavy atom. The van der Waals surface area contributed by atoms with Gasteiger partial charge in [-0.3, -0.25) is 9.59 Å². The van der Waals surface area contributed by atoms with Crippen LogP contribution in [0.1, 0.15) is 48.5 Å². The third-order valence-corrected chi connectivity index (χ3v) is 2.74. The maximum atomic E-state index is 11.1. The summed E-state index contributed by atoms with van der Waals surface area (Å²) in [5.74, 6) is -0.111. The molecule has 0 fully saturated rings. The fourth-order valence-corrected chi connectivity index (χ4v) is 1.83. The molecule has 0 atom stereocenters. The van der Waals surface area contributed by atoms with Gasteiger partial charge in [0, 0.05) is 12.0 Å². The molecule has 1 aromatic rings. The molecule has 0 aliphatic heterocycles. The highest BCUT2D eigenvalue weighted by atomic mass is 16.5. The number of hydrogen-bond donors (Lipinski definition) is 0. The summed E-state index contributed by atoms with van der Waals surface area (Å²) in [7, 11) is 0. The van der Waals surface area contributed by atoms with Crippen molar-refractivity contribution in [3.63, 3.8) is 0 Å². The quantitative estimate of drug-likeness (QED) is 0.403. The van der Waals surface area contributed by atoms with Crippen LogP contribution in [0, 0.1) is 0 Å². The molecule has 0 amide bonds. The van der Waals surface area contributed by atoms with E-state index in [1.54, 1.807) is 6.07 Å². The number of carbonyl (C=O) groups is 2. The number of unbranched alkanes of at least 4 members (excludes halogenated alkanes) is 2. The Balaban J connectivity index is 2.17. The van der Waals surface area contributed by atoms with Gasteiger partial charge in [0.2, 0.25) is 0 Å². The number of aldehydes is 1. The lowest BCUT2D eigenvalue weighted by atomic mass is 10.0. The van der Waals surface area contributed by atoms with Gasteiger partial charge >= 0.3 is 5.97 Å². The molecule has 0 saturated carbocycles. The van der Waals surface area contributed by atoms with Gasteiger partial charge in [-0.05, 0) is 37.8 Å². The van der Waals surface area contributed by atoms with Gasteiger partial charge < -0.3 is 4.74 Å². The zero-order valence-electron chi connectivity index (χ0n) is 10.9. The van der Waals surface area contributed by atoms with E-state index in [0.29, 0.717) is 13.0 Å². The van der Waals surface area contributed by atoms with Crippen LogP contribution in [-0.4, -0.2) is 18.9 Å². The SMILES string of the molecule is CCOC(=O)CCCCCc1cccc(C=O)c1. The van der Waals surface area contributed by atoms with Gasteiger partial charge in [-0.2, -0.15) is 0 Å². The molecule has 0 bridgehead atoms. The minimum absolute atomic E-state index is 0.111. The molecule has 0 aliphatic carbocycles. The molecule has 0 aliphatic rings. The topological polar surface area (TPSA) is 43.4 Å². The Bertz CT molecular complexity index is 385. The van der Waals surface area contributed by atoms with Crippen molar-refractivity contribution in [2.75, 3.05) is 6.61 Å². The van der Waals surface area contributed by atoms with Crippen LogP contribution in [0.5, 0.6) is 0 Å². The molecule has 3 nitrogen and oxygen atoms in total. The Hall–Kier alpha value is -1.64. The summed E-state index contributed by atoms with van der Waals surface area (Å²) in [6, 6.07) is 7.64. The van der Waals surface area contributed by atoms with E-state index >= 15 is 0 Å². The fraction of sp³-hybridized carbons (Fsp3) is 0.467. The average Bonchev–Trinajstić information content (AvgIpc) is 2.39. The molecular weight excluding hydrogens is 228 g/mol. The first-order chi connectivity index (χ1) is 8.76. The summed E-state index contributed by atoms with van der Waals surface area (Å²) >= 11 is 0. The van der Waals surface area contributed by atoms with Crippen molar-refractivity contribution in [3.8, 4) is 0 Å². The van der Waals surface area contributed by atoms with Crippen LogP contribution in [0.4, 0.5) is 0 Å². The molecule has 3 heteroatoms. The van der Waals surface area contributed by atoms with Gasteiger partial charge in [0.25, 0.3) is 0 Å². The van der Waals surface area contributed by atoms with E-state index in [2.05, 4.69) is 0 Å². The van der Waals surface area contributed by atoms with E-state index in [1.807, 2.05) is 25.1 Å². The van der Waals surface area contributed by atoms with Crippen LogP contribution in [0.25, 0.3) is 0 Å². The Morgan fingerprint density at radius 3 is 2.83 bits per heavy atom. The highest BCUT2D eigenvalue weighted by Crippen LogP contribution is 2.09. The number of esters is 1. The predicted molar refractivity (Wildman–Crippen MR) is 70.6 cm³/mol. The van der Waals surface area contributed by atoms with Crippen molar-refractivity contribution >= 4 is 12.3 Å². The van der Waals surface area contributed by atoms with Crippen LogP contribution in [0.15, 0.2) is 24.3 Å². The summed E-state index contributed by atoms with van der Waals surface area (Å²) in [4.78, 5) is 21.7. The first-order valence-electron chi connectivity index (χ1n) is 6.46. The normalized spacial score (nSPS) is 10.1. The summed E-state index contributed by atoms with van der Waals surface area (Å²) in [6.07, 6.45) is 5.22. The predicted octanol–water partition coefficient (Wildman–Crippen LogP) is 3.17. The van der Waals surface area contributed by atoms with Gasteiger partial charge in [0.15, 0.2) is 0 Å². The molecule has 1 aromatic carbocycles. The molecule has 0 saturated heterocycles. The van der Waals surface area contributed by atoms with E-state index in [-0.39, 0.29) is 5.97 Å². The standard InChI is InChI=1S/C15H20O3/c1-2-18-15(17)10-5-3-4-7-13-8-6-9-14(11-13)12-16/h6,8-9,11-12H,2-5,7,10H2,1H3. The van der Waals surface area contributed by atoms with Gasteiger partial charge in [0.05, 0.1) is 6.61 Å². The van der Waals surface area contributed by atoms with E-state index in [0.717, 1.165) is 37.5 Å². The molecular formula is C15H20O3. The summed E-state index contributed by atoms with van der Waals surface area (Å²) in [5.41, 5.74) is 1.90. The monoisotopic (exact) mass is 248 g/mol. The number of rotatable bonds is 8. The number of hydrogen-bond acceptors (Lipinski definition) is 3. The van der Waals surface area contributed by atoms with E-state index < -0.39 is 0 Å². The number of benzene rings is 1. The molecule has 0 heterocycles. The average molecular weight is 248 g/mol. The minimum atomic E-state index is -0.111. The molecule has 0 unspecified atom stereocenters. The van der Waals surface area contributed by atoms with E-state index in [4.69, 9.17) is 4.74 Å². The van der Waals surface area contributed by atoms with Crippen LogP contribution in [0.3, 0.4) is 0 Å². The molecule has 0 spiro atoms. The van der Waals surface area contributed by atoms with Gasteiger partial charge in [0.1, 0.15) is 6.29 Å². The summed E-state index contributed by atoms with van der Waals surface area (Å²) < 4.78 is 4.86. The maximum Gasteiger partial charge on any atom is 0.305 e. The number of ether oxygens (including phenoxy) is 1. The highest BCUT2D eigenvalue weighted by Gasteiger charge is 2.01. The molecule has 0 aromatic heterocycles. The third kappa shape index (κ3) is 5.62. The highest BCUT2D eigenvalue weighted by molar-refractivity contribution is 5.74. The molecule has 18 heavy (non-hydrogen) atoms. The number of carbonyl (C=O) groups excluding carboxylic acids is 2. The van der Waals surface area contributed by atoms with Crippen molar-refractivity contribution in [1.29, 1.82) is 0 Å².